The van der Waals surface area contributed by atoms with Crippen molar-refractivity contribution in [1.82, 2.24) is 25.1 Å². The molecule has 1 aliphatic carbocycles. The van der Waals surface area contributed by atoms with Gasteiger partial charge in [0.2, 0.25) is 0 Å². The molecule has 32 heavy (non-hydrogen) atoms. The van der Waals surface area contributed by atoms with Crippen LogP contribution in [0, 0.1) is 11.2 Å². The van der Waals surface area contributed by atoms with Gasteiger partial charge in [-0.05, 0) is 41.9 Å². The van der Waals surface area contributed by atoms with Crippen LogP contribution in [0.1, 0.15) is 30.0 Å². The van der Waals surface area contributed by atoms with Gasteiger partial charge >= 0.3 is 0 Å². The highest BCUT2D eigenvalue weighted by atomic mass is 35.5. The number of piperidine rings is 1. The minimum absolute atomic E-state index is 0.0756. The fourth-order valence-electron chi connectivity index (χ4n) is 5.22. The summed E-state index contributed by atoms with van der Waals surface area (Å²) in [5.41, 5.74) is 11.1. The maximum Gasteiger partial charge on any atom is 0.177 e. The summed E-state index contributed by atoms with van der Waals surface area (Å²) in [6.07, 6.45) is 6.20. The second kappa shape index (κ2) is 7.21. The van der Waals surface area contributed by atoms with Gasteiger partial charge in [0, 0.05) is 30.9 Å². The summed E-state index contributed by atoms with van der Waals surface area (Å²) in [4.78, 5) is 15.2. The largest absolute Gasteiger partial charge is 0.355 e. The van der Waals surface area contributed by atoms with Crippen LogP contribution < -0.4 is 10.6 Å². The normalized spacial score (nSPS) is 19.6. The SMILES string of the molecule is N[C@@H]1c2ccccc2CC12CCN(c1cnc3c(-c4ccnc(Cl)c4F)n[nH]c3n1)CC2. The number of pyridine rings is 1. The van der Waals surface area contributed by atoms with Crippen molar-refractivity contribution in [2.45, 2.75) is 25.3 Å². The van der Waals surface area contributed by atoms with Crippen LogP contribution in [0.4, 0.5) is 10.2 Å². The van der Waals surface area contributed by atoms with E-state index in [2.05, 4.69) is 49.3 Å². The first kappa shape index (κ1) is 19.6. The molecule has 0 radical (unpaired) electrons. The summed E-state index contributed by atoms with van der Waals surface area (Å²) in [5.74, 6) is 0.156. The number of aromatic nitrogens is 5. The number of nitrogens with one attached hydrogen (secondary N) is 1. The Morgan fingerprint density at radius 1 is 1.16 bits per heavy atom. The van der Waals surface area contributed by atoms with Gasteiger partial charge in [-0.2, -0.15) is 5.10 Å². The average Bonchev–Trinajstić information content (AvgIpc) is 3.35. The molecule has 1 spiro atoms. The molecule has 0 unspecified atom stereocenters. The Balaban J connectivity index is 1.25. The van der Waals surface area contributed by atoms with Gasteiger partial charge in [-0.15, -0.1) is 0 Å². The van der Waals surface area contributed by atoms with Crippen LogP contribution in [-0.2, 0) is 6.42 Å². The van der Waals surface area contributed by atoms with E-state index in [1.807, 2.05) is 0 Å². The van der Waals surface area contributed by atoms with E-state index in [4.69, 9.17) is 22.3 Å². The van der Waals surface area contributed by atoms with Gasteiger partial charge in [0.1, 0.15) is 17.0 Å². The molecular formula is C23H21ClFN7. The zero-order valence-electron chi connectivity index (χ0n) is 17.2. The highest BCUT2D eigenvalue weighted by Gasteiger charge is 2.45. The quantitative estimate of drug-likeness (QED) is 0.448. The number of aromatic amines is 1. The smallest absolute Gasteiger partial charge is 0.177 e. The zero-order valence-corrected chi connectivity index (χ0v) is 18.0. The molecule has 1 saturated heterocycles. The first-order valence-electron chi connectivity index (χ1n) is 10.7. The minimum atomic E-state index is -0.622. The maximum atomic E-state index is 14.4. The van der Waals surface area contributed by atoms with Crippen molar-refractivity contribution in [2.24, 2.45) is 11.1 Å². The number of halogens is 2. The lowest BCUT2D eigenvalue weighted by atomic mass is 9.73. The topological polar surface area (TPSA) is 96.6 Å². The number of benzene rings is 1. The molecule has 0 amide bonds. The van der Waals surface area contributed by atoms with E-state index < -0.39 is 5.82 Å². The molecule has 9 heteroatoms. The lowest BCUT2D eigenvalue weighted by Gasteiger charge is -2.42. The number of nitrogens with two attached hydrogens (primary N) is 1. The van der Waals surface area contributed by atoms with E-state index in [1.54, 1.807) is 6.20 Å². The summed E-state index contributed by atoms with van der Waals surface area (Å²) in [6.45, 7) is 1.72. The van der Waals surface area contributed by atoms with Crippen molar-refractivity contribution in [3.8, 4) is 11.3 Å². The van der Waals surface area contributed by atoms with Crippen molar-refractivity contribution in [2.75, 3.05) is 18.0 Å². The third kappa shape index (κ3) is 2.90. The zero-order chi connectivity index (χ0) is 21.9. The molecule has 7 nitrogen and oxygen atoms in total. The van der Waals surface area contributed by atoms with Crippen LogP contribution in [0.2, 0.25) is 5.15 Å². The molecule has 2 aliphatic rings. The summed E-state index contributed by atoms with van der Waals surface area (Å²) < 4.78 is 14.4. The molecule has 4 heterocycles. The molecule has 1 aliphatic heterocycles. The van der Waals surface area contributed by atoms with Gasteiger partial charge in [-0.3, -0.25) is 5.10 Å². The lowest BCUT2D eigenvalue weighted by molar-refractivity contribution is 0.187. The molecule has 162 valence electrons. The number of anilines is 1. The first-order valence-corrected chi connectivity index (χ1v) is 11.0. The van der Waals surface area contributed by atoms with E-state index in [0.29, 0.717) is 16.9 Å². The fraction of sp³-hybridized carbons (Fsp3) is 0.304. The highest BCUT2D eigenvalue weighted by Crippen LogP contribution is 2.50. The van der Waals surface area contributed by atoms with Crippen molar-refractivity contribution >= 4 is 28.6 Å². The Morgan fingerprint density at radius 3 is 2.78 bits per heavy atom. The maximum absolute atomic E-state index is 14.4. The van der Waals surface area contributed by atoms with Crippen molar-refractivity contribution in [3.05, 3.63) is 64.8 Å². The number of H-pyrrole nitrogens is 1. The average molecular weight is 450 g/mol. The summed E-state index contributed by atoms with van der Waals surface area (Å²) in [5, 5.41) is 6.92. The van der Waals surface area contributed by atoms with E-state index in [1.165, 1.54) is 23.4 Å². The third-order valence-corrected chi connectivity index (χ3v) is 7.30. The number of nitrogens with zero attached hydrogens (tertiary/aromatic N) is 5. The van der Waals surface area contributed by atoms with Crippen LogP contribution >= 0.6 is 11.6 Å². The molecule has 6 rings (SSSR count). The molecule has 1 fully saturated rings. The second-order valence-corrected chi connectivity index (χ2v) is 9.02. The number of fused-ring (bicyclic) bond motifs is 2. The van der Waals surface area contributed by atoms with Gasteiger partial charge in [-0.25, -0.2) is 19.3 Å². The molecule has 0 bridgehead atoms. The standard InChI is InChI=1S/C23H21ClFN7/c24-21-17(25)15(5-8-27-21)18-19-22(31-30-18)29-16(12-28-19)32-9-6-23(7-10-32)11-13-3-1-2-4-14(13)20(23)26/h1-5,8,12,20H,6-7,9-11,26H2,(H,29,30,31)/t20-/m1/s1. The van der Waals surface area contributed by atoms with Crippen LogP contribution in [-0.4, -0.2) is 38.2 Å². The minimum Gasteiger partial charge on any atom is -0.355 e. The van der Waals surface area contributed by atoms with Gasteiger partial charge in [0.15, 0.2) is 16.6 Å². The highest BCUT2D eigenvalue weighted by molar-refractivity contribution is 6.29. The Bertz CT molecular complexity index is 1330. The van der Waals surface area contributed by atoms with Gasteiger partial charge < -0.3 is 10.6 Å². The second-order valence-electron chi connectivity index (χ2n) is 8.66. The van der Waals surface area contributed by atoms with E-state index in [-0.39, 0.29) is 22.2 Å². The van der Waals surface area contributed by atoms with Crippen LogP contribution in [0.15, 0.2) is 42.7 Å². The summed E-state index contributed by atoms with van der Waals surface area (Å²) in [6, 6.07) is 10.1. The number of hydrogen-bond acceptors (Lipinski definition) is 6. The van der Waals surface area contributed by atoms with Crippen LogP contribution in [0.5, 0.6) is 0 Å². The monoisotopic (exact) mass is 449 g/mol. The predicted molar refractivity (Wildman–Crippen MR) is 121 cm³/mol. The molecule has 0 saturated carbocycles. The van der Waals surface area contributed by atoms with Crippen molar-refractivity contribution < 1.29 is 4.39 Å². The molecule has 3 aromatic heterocycles. The molecule has 3 N–H and O–H groups in total. The van der Waals surface area contributed by atoms with Crippen LogP contribution in [0.3, 0.4) is 0 Å². The van der Waals surface area contributed by atoms with Crippen molar-refractivity contribution in [1.29, 1.82) is 0 Å². The van der Waals surface area contributed by atoms with Gasteiger partial charge in [0.25, 0.3) is 0 Å². The Labute approximate surface area is 188 Å². The summed E-state index contributed by atoms with van der Waals surface area (Å²) >= 11 is 5.82. The third-order valence-electron chi connectivity index (χ3n) is 7.04. The predicted octanol–water partition coefficient (Wildman–Crippen LogP) is 4.05. The van der Waals surface area contributed by atoms with Crippen LogP contribution in [0.25, 0.3) is 22.4 Å². The molecule has 4 aromatic rings. The Morgan fingerprint density at radius 2 is 1.97 bits per heavy atom. The summed E-state index contributed by atoms with van der Waals surface area (Å²) in [7, 11) is 0. The number of hydrogen-bond donors (Lipinski definition) is 2. The first-order chi connectivity index (χ1) is 15.6. The fourth-order valence-corrected chi connectivity index (χ4v) is 5.38. The van der Waals surface area contributed by atoms with Crippen molar-refractivity contribution in [3.63, 3.8) is 0 Å². The molecule has 1 atom stereocenters. The Kier molecular flexibility index (Phi) is 4.41. The van der Waals surface area contributed by atoms with E-state index in [0.717, 1.165) is 38.2 Å². The molecule has 1 aromatic carbocycles. The van der Waals surface area contributed by atoms with Gasteiger partial charge in [0.05, 0.1) is 6.20 Å². The van der Waals surface area contributed by atoms with E-state index in [9.17, 15) is 4.39 Å². The lowest BCUT2D eigenvalue weighted by Crippen LogP contribution is -2.44. The molecular weight excluding hydrogens is 429 g/mol. The number of rotatable bonds is 2. The van der Waals surface area contributed by atoms with Gasteiger partial charge in [-0.1, -0.05) is 35.9 Å². The van der Waals surface area contributed by atoms with E-state index >= 15 is 0 Å². The Hall–Kier alpha value is -3.10.